The van der Waals surface area contributed by atoms with Crippen LogP contribution < -0.4 is 0 Å². The molecule has 1 amide bonds. The maximum atomic E-state index is 13.4. The average Bonchev–Trinajstić information content (AvgIpc) is 3.26. The van der Waals surface area contributed by atoms with Gasteiger partial charge in [-0.25, -0.2) is 4.98 Å². The zero-order valence-corrected chi connectivity index (χ0v) is 18.9. The van der Waals surface area contributed by atoms with Gasteiger partial charge in [0.05, 0.1) is 5.01 Å². The number of carbonyl (C=O) groups is 1. The highest BCUT2D eigenvalue weighted by Crippen LogP contribution is 2.28. The van der Waals surface area contributed by atoms with Gasteiger partial charge >= 0.3 is 0 Å². The Bertz CT molecular complexity index is 1100. The van der Waals surface area contributed by atoms with E-state index in [4.69, 9.17) is 23.2 Å². The fraction of sp³-hybridized carbons (Fsp3) is 0.125. The summed E-state index contributed by atoms with van der Waals surface area (Å²) < 4.78 is 0. The first kappa shape index (κ1) is 21.5. The lowest BCUT2D eigenvalue weighted by Crippen LogP contribution is -2.30. The lowest BCUT2D eigenvalue weighted by molar-refractivity contribution is 0.0724. The van der Waals surface area contributed by atoms with Gasteiger partial charge in [-0.3, -0.25) is 9.78 Å². The molecule has 0 spiro atoms. The van der Waals surface area contributed by atoms with Gasteiger partial charge in [-0.2, -0.15) is 0 Å². The van der Waals surface area contributed by atoms with E-state index in [1.807, 2.05) is 48.5 Å². The second kappa shape index (κ2) is 10.1. The Balaban J connectivity index is 1.56. The number of halogens is 2. The van der Waals surface area contributed by atoms with Gasteiger partial charge in [-0.15, -0.1) is 11.3 Å². The summed E-state index contributed by atoms with van der Waals surface area (Å²) in [5, 5.41) is 3.78. The average molecular weight is 468 g/mol. The minimum absolute atomic E-state index is 0.125. The van der Waals surface area contributed by atoms with Crippen molar-refractivity contribution in [3.63, 3.8) is 0 Å². The standard InChI is InChI=1S/C24H19Cl2N3OS/c25-20-9-4-10-21(26)19(20)12-23-28-22(16-31-23)24(30)29(14-17-6-2-1-3-7-17)15-18-8-5-11-27-13-18/h1-11,13,16H,12,14-15H2. The molecule has 0 fully saturated rings. The van der Waals surface area contributed by atoms with Gasteiger partial charge in [-0.1, -0.05) is 65.7 Å². The zero-order chi connectivity index (χ0) is 21.6. The molecule has 4 aromatic rings. The van der Waals surface area contributed by atoms with E-state index in [9.17, 15) is 4.79 Å². The number of hydrogen-bond acceptors (Lipinski definition) is 4. The maximum Gasteiger partial charge on any atom is 0.273 e. The van der Waals surface area contributed by atoms with Crippen molar-refractivity contribution in [1.29, 1.82) is 0 Å². The van der Waals surface area contributed by atoms with E-state index < -0.39 is 0 Å². The van der Waals surface area contributed by atoms with E-state index in [-0.39, 0.29) is 5.91 Å². The van der Waals surface area contributed by atoms with E-state index in [2.05, 4.69) is 9.97 Å². The minimum atomic E-state index is -0.125. The molecule has 156 valence electrons. The van der Waals surface area contributed by atoms with E-state index in [0.29, 0.717) is 35.2 Å². The maximum absolute atomic E-state index is 13.4. The summed E-state index contributed by atoms with van der Waals surface area (Å²) in [5.74, 6) is -0.125. The predicted molar refractivity (Wildman–Crippen MR) is 126 cm³/mol. The van der Waals surface area contributed by atoms with Crippen molar-refractivity contribution in [1.82, 2.24) is 14.9 Å². The number of benzene rings is 2. The molecule has 4 nitrogen and oxygen atoms in total. The Labute approximate surface area is 195 Å². The molecule has 0 aliphatic rings. The van der Waals surface area contributed by atoms with Crippen molar-refractivity contribution in [2.75, 3.05) is 0 Å². The molecule has 0 N–H and O–H groups in total. The Morgan fingerprint density at radius 3 is 2.32 bits per heavy atom. The molecule has 7 heteroatoms. The molecule has 2 aromatic heterocycles. The van der Waals surface area contributed by atoms with Crippen LogP contribution in [0.1, 0.15) is 32.2 Å². The van der Waals surface area contributed by atoms with Crippen molar-refractivity contribution in [2.45, 2.75) is 19.5 Å². The third-order valence-electron chi connectivity index (χ3n) is 4.76. The van der Waals surface area contributed by atoms with Gasteiger partial charge < -0.3 is 4.90 Å². The molecule has 2 aromatic carbocycles. The number of amides is 1. The first-order chi connectivity index (χ1) is 15.1. The van der Waals surface area contributed by atoms with Crippen molar-refractivity contribution in [3.8, 4) is 0 Å². The number of thiazole rings is 1. The Hall–Kier alpha value is -2.73. The van der Waals surface area contributed by atoms with Crippen LogP contribution >= 0.6 is 34.5 Å². The summed E-state index contributed by atoms with van der Waals surface area (Å²) in [5.41, 5.74) is 3.25. The summed E-state index contributed by atoms with van der Waals surface area (Å²) in [7, 11) is 0. The number of hydrogen-bond donors (Lipinski definition) is 0. The second-order valence-electron chi connectivity index (χ2n) is 7.01. The number of carbonyl (C=O) groups excluding carboxylic acids is 1. The molecule has 2 heterocycles. The third-order valence-corrected chi connectivity index (χ3v) is 6.32. The minimum Gasteiger partial charge on any atom is -0.329 e. The van der Waals surface area contributed by atoms with Crippen molar-refractivity contribution < 1.29 is 4.79 Å². The molecule has 31 heavy (non-hydrogen) atoms. The molecular weight excluding hydrogens is 449 g/mol. The highest BCUT2D eigenvalue weighted by molar-refractivity contribution is 7.09. The first-order valence-electron chi connectivity index (χ1n) is 9.69. The van der Waals surface area contributed by atoms with E-state index in [1.165, 1.54) is 11.3 Å². The van der Waals surface area contributed by atoms with E-state index in [1.54, 1.807) is 34.8 Å². The van der Waals surface area contributed by atoms with Crippen LogP contribution in [0.25, 0.3) is 0 Å². The van der Waals surface area contributed by atoms with Crippen LogP contribution in [0.3, 0.4) is 0 Å². The number of aromatic nitrogens is 2. The smallest absolute Gasteiger partial charge is 0.273 e. The molecule has 4 rings (SSSR count). The zero-order valence-electron chi connectivity index (χ0n) is 16.5. The fourth-order valence-electron chi connectivity index (χ4n) is 3.22. The lowest BCUT2D eigenvalue weighted by Gasteiger charge is -2.22. The first-order valence-corrected chi connectivity index (χ1v) is 11.3. The Morgan fingerprint density at radius 2 is 1.61 bits per heavy atom. The van der Waals surface area contributed by atoms with Crippen molar-refractivity contribution in [3.05, 3.63) is 116 Å². The normalized spacial score (nSPS) is 10.8. The highest BCUT2D eigenvalue weighted by Gasteiger charge is 2.20. The van der Waals surface area contributed by atoms with Gasteiger partial charge in [0.2, 0.25) is 0 Å². The molecule has 0 saturated heterocycles. The molecule has 0 saturated carbocycles. The van der Waals surface area contributed by atoms with Crippen LogP contribution in [0, 0.1) is 0 Å². The van der Waals surface area contributed by atoms with Crippen molar-refractivity contribution >= 4 is 40.4 Å². The van der Waals surface area contributed by atoms with Gasteiger partial charge in [0, 0.05) is 47.3 Å². The molecule has 0 unspecified atom stereocenters. The fourth-order valence-corrected chi connectivity index (χ4v) is 4.53. The van der Waals surface area contributed by atoms with E-state index in [0.717, 1.165) is 21.7 Å². The van der Waals surface area contributed by atoms with Crippen LogP contribution in [0.2, 0.25) is 10.0 Å². The number of pyridine rings is 1. The topological polar surface area (TPSA) is 46.1 Å². The largest absolute Gasteiger partial charge is 0.329 e. The molecule has 0 bridgehead atoms. The lowest BCUT2D eigenvalue weighted by atomic mass is 10.1. The monoisotopic (exact) mass is 467 g/mol. The molecule has 0 aliphatic heterocycles. The summed E-state index contributed by atoms with van der Waals surface area (Å²) in [4.78, 5) is 23.9. The molecular formula is C24H19Cl2N3OS. The molecule has 0 radical (unpaired) electrons. The van der Waals surface area contributed by atoms with Crippen LogP contribution in [0.5, 0.6) is 0 Å². The summed E-state index contributed by atoms with van der Waals surface area (Å²) in [6.07, 6.45) is 3.98. The Morgan fingerprint density at radius 1 is 0.903 bits per heavy atom. The molecule has 0 atom stereocenters. The van der Waals surface area contributed by atoms with Crippen LogP contribution in [0.15, 0.2) is 78.4 Å². The number of nitrogens with zero attached hydrogens (tertiary/aromatic N) is 3. The number of rotatable bonds is 7. The third kappa shape index (κ3) is 5.50. The highest BCUT2D eigenvalue weighted by atomic mass is 35.5. The predicted octanol–water partition coefficient (Wildman–Crippen LogP) is 6.28. The van der Waals surface area contributed by atoms with Crippen molar-refractivity contribution in [2.24, 2.45) is 0 Å². The van der Waals surface area contributed by atoms with E-state index >= 15 is 0 Å². The Kier molecular flexibility index (Phi) is 6.97. The van der Waals surface area contributed by atoms with Gasteiger partial charge in [0.1, 0.15) is 5.69 Å². The van der Waals surface area contributed by atoms with Crippen LogP contribution in [-0.4, -0.2) is 20.8 Å². The quantitative estimate of drug-likeness (QED) is 0.321. The van der Waals surface area contributed by atoms with Gasteiger partial charge in [0.15, 0.2) is 0 Å². The van der Waals surface area contributed by atoms with Crippen LogP contribution in [-0.2, 0) is 19.5 Å². The van der Waals surface area contributed by atoms with Gasteiger partial charge in [0.25, 0.3) is 5.91 Å². The molecule has 0 aliphatic carbocycles. The second-order valence-corrected chi connectivity index (χ2v) is 8.77. The summed E-state index contributed by atoms with van der Waals surface area (Å²) >= 11 is 14.0. The van der Waals surface area contributed by atoms with Gasteiger partial charge in [-0.05, 0) is 34.9 Å². The SMILES string of the molecule is O=C(c1csc(Cc2c(Cl)cccc2Cl)n1)N(Cc1ccccc1)Cc1cccnc1. The summed E-state index contributed by atoms with van der Waals surface area (Å²) in [6, 6.07) is 19.2. The van der Waals surface area contributed by atoms with Crippen LogP contribution in [0.4, 0.5) is 0 Å². The summed E-state index contributed by atoms with van der Waals surface area (Å²) in [6.45, 7) is 0.933.